The van der Waals surface area contributed by atoms with Crippen LogP contribution in [-0.2, 0) is 27.4 Å². The first kappa shape index (κ1) is 26.0. The first-order valence-electron chi connectivity index (χ1n) is 13.3. The molecule has 0 bridgehead atoms. The van der Waals surface area contributed by atoms with E-state index in [1.165, 1.54) is 6.42 Å². The zero-order chi connectivity index (χ0) is 25.6. The van der Waals surface area contributed by atoms with Gasteiger partial charge in [-0.1, -0.05) is 72.8 Å². The third-order valence-corrected chi connectivity index (χ3v) is 7.64. The molecule has 0 aliphatic carbocycles. The highest BCUT2D eigenvalue weighted by Gasteiger charge is 2.35. The lowest BCUT2D eigenvalue weighted by molar-refractivity contribution is -0.253. The van der Waals surface area contributed by atoms with Crippen LogP contribution in [0.2, 0.25) is 0 Å². The average molecular weight is 503 g/mol. The molecule has 5 rings (SSSR count). The van der Waals surface area contributed by atoms with E-state index in [2.05, 4.69) is 53.4 Å². The van der Waals surface area contributed by atoms with Gasteiger partial charge >= 0.3 is 0 Å². The fraction of sp³-hybridized carbons (Fsp3) is 0.419. The van der Waals surface area contributed by atoms with Gasteiger partial charge in [0.2, 0.25) is 0 Å². The average Bonchev–Trinajstić information content (AvgIpc) is 3.39. The monoisotopic (exact) mass is 502 g/mol. The topological polar surface area (TPSA) is 77.2 Å². The maximum atomic E-state index is 9.46. The van der Waals surface area contributed by atoms with E-state index < -0.39 is 6.29 Å². The van der Waals surface area contributed by atoms with Crippen LogP contribution in [0.15, 0.2) is 72.8 Å². The SMILES string of the molecule is COC[C@@H]1CCCN1C[C@H]1C[C@@H](c2ccc(CO)cc2)O[C@@H](c2ccc(-c3ccccc3CN)cc2)O1. The summed E-state index contributed by atoms with van der Waals surface area (Å²) in [7, 11) is 1.78. The van der Waals surface area contributed by atoms with Gasteiger partial charge in [0.25, 0.3) is 0 Å². The van der Waals surface area contributed by atoms with Crippen molar-refractivity contribution in [2.75, 3.05) is 26.8 Å². The molecule has 0 radical (unpaired) electrons. The number of aliphatic hydroxyl groups is 1. The molecule has 2 heterocycles. The second-order valence-electron chi connectivity index (χ2n) is 10.1. The van der Waals surface area contributed by atoms with E-state index in [0.717, 1.165) is 65.9 Å². The molecule has 3 aromatic carbocycles. The van der Waals surface area contributed by atoms with Gasteiger partial charge in [0.1, 0.15) is 0 Å². The third kappa shape index (κ3) is 6.12. The molecule has 196 valence electrons. The van der Waals surface area contributed by atoms with E-state index in [0.29, 0.717) is 12.6 Å². The lowest BCUT2D eigenvalue weighted by Crippen LogP contribution is -2.42. The van der Waals surface area contributed by atoms with Crippen LogP contribution in [0.25, 0.3) is 11.1 Å². The van der Waals surface area contributed by atoms with Gasteiger partial charge in [-0.05, 0) is 47.2 Å². The number of ether oxygens (including phenoxy) is 3. The quantitative estimate of drug-likeness (QED) is 0.431. The van der Waals surface area contributed by atoms with Crippen LogP contribution in [0, 0.1) is 0 Å². The van der Waals surface area contributed by atoms with Gasteiger partial charge in [-0.3, -0.25) is 4.90 Å². The lowest BCUT2D eigenvalue weighted by atomic mass is 9.97. The molecule has 6 heteroatoms. The minimum atomic E-state index is -0.455. The van der Waals surface area contributed by atoms with Crippen molar-refractivity contribution in [3.8, 4) is 11.1 Å². The molecule has 3 N–H and O–H groups in total. The fourth-order valence-electron chi connectivity index (χ4n) is 5.61. The zero-order valence-corrected chi connectivity index (χ0v) is 21.6. The van der Waals surface area contributed by atoms with Gasteiger partial charge < -0.3 is 25.1 Å². The molecule has 0 saturated carbocycles. The summed E-state index contributed by atoms with van der Waals surface area (Å²) < 4.78 is 18.6. The summed E-state index contributed by atoms with van der Waals surface area (Å²) >= 11 is 0. The Bertz CT molecular complexity index is 1130. The Morgan fingerprint density at radius 3 is 2.46 bits per heavy atom. The molecule has 0 amide bonds. The molecule has 0 unspecified atom stereocenters. The van der Waals surface area contributed by atoms with Crippen molar-refractivity contribution in [2.45, 2.75) is 57.0 Å². The molecule has 6 nitrogen and oxygen atoms in total. The summed E-state index contributed by atoms with van der Waals surface area (Å²) in [5.74, 6) is 0. The van der Waals surface area contributed by atoms with Gasteiger partial charge in [-0.2, -0.15) is 0 Å². The highest BCUT2D eigenvalue weighted by molar-refractivity contribution is 5.67. The number of rotatable bonds is 9. The summed E-state index contributed by atoms with van der Waals surface area (Å²) in [5, 5.41) is 9.46. The van der Waals surface area contributed by atoms with E-state index >= 15 is 0 Å². The minimum absolute atomic E-state index is 0.0373. The van der Waals surface area contributed by atoms with Crippen molar-refractivity contribution < 1.29 is 19.3 Å². The number of hydrogen-bond acceptors (Lipinski definition) is 6. The zero-order valence-electron chi connectivity index (χ0n) is 21.6. The summed E-state index contributed by atoms with van der Waals surface area (Å²) in [6, 6.07) is 25.2. The van der Waals surface area contributed by atoms with Gasteiger partial charge in [0.15, 0.2) is 6.29 Å². The van der Waals surface area contributed by atoms with Gasteiger partial charge in [0.05, 0.1) is 25.4 Å². The number of methoxy groups -OCH3 is 1. The first-order chi connectivity index (χ1) is 18.2. The van der Waals surface area contributed by atoms with Crippen molar-refractivity contribution in [1.29, 1.82) is 0 Å². The molecule has 2 saturated heterocycles. The Kier molecular flexibility index (Phi) is 8.66. The molecule has 2 fully saturated rings. The van der Waals surface area contributed by atoms with Crippen molar-refractivity contribution in [3.63, 3.8) is 0 Å². The number of nitrogens with zero attached hydrogens (tertiary/aromatic N) is 1. The minimum Gasteiger partial charge on any atom is -0.392 e. The Morgan fingerprint density at radius 2 is 1.73 bits per heavy atom. The maximum absolute atomic E-state index is 9.46. The number of benzene rings is 3. The predicted molar refractivity (Wildman–Crippen MR) is 145 cm³/mol. The smallest absolute Gasteiger partial charge is 0.184 e. The summed E-state index contributed by atoms with van der Waals surface area (Å²) in [4.78, 5) is 2.51. The number of aliphatic hydroxyl groups excluding tert-OH is 1. The second kappa shape index (κ2) is 12.3. The Balaban J connectivity index is 1.38. The van der Waals surface area contributed by atoms with Crippen LogP contribution >= 0.6 is 0 Å². The van der Waals surface area contributed by atoms with Crippen LogP contribution in [0.4, 0.5) is 0 Å². The highest BCUT2D eigenvalue weighted by Crippen LogP contribution is 2.39. The molecular weight excluding hydrogens is 464 g/mol. The van der Waals surface area contributed by atoms with Crippen LogP contribution in [0.1, 0.15) is 53.9 Å². The van der Waals surface area contributed by atoms with Gasteiger partial charge in [-0.25, -0.2) is 0 Å². The van der Waals surface area contributed by atoms with E-state index in [1.54, 1.807) is 7.11 Å². The fourth-order valence-corrected chi connectivity index (χ4v) is 5.61. The number of likely N-dealkylation sites (tertiary alicyclic amines) is 1. The Hall–Kier alpha value is -2.58. The molecule has 0 spiro atoms. The number of nitrogens with two attached hydrogens (primary N) is 1. The molecule has 0 aromatic heterocycles. The van der Waals surface area contributed by atoms with Crippen LogP contribution in [0.5, 0.6) is 0 Å². The molecular formula is C31H38N2O4. The Labute approximate surface area is 220 Å². The van der Waals surface area contributed by atoms with Crippen LogP contribution < -0.4 is 5.73 Å². The van der Waals surface area contributed by atoms with Crippen molar-refractivity contribution in [1.82, 2.24) is 4.90 Å². The summed E-state index contributed by atoms with van der Waals surface area (Å²) in [6.45, 7) is 3.23. The van der Waals surface area contributed by atoms with E-state index in [1.807, 2.05) is 24.3 Å². The standard InChI is InChI=1S/C31H38N2O4/c1-35-21-27-6-4-16-33(27)19-28-17-30(24-10-8-22(20-34)9-11-24)37-31(36-28)25-14-12-23(13-15-25)29-7-3-2-5-26(29)18-32/h2-3,5,7-15,27-28,30-31,34H,4,6,16-21,32H2,1H3/t27-,28+,30-,31-/m0/s1. The first-order valence-corrected chi connectivity index (χ1v) is 13.3. The van der Waals surface area contributed by atoms with E-state index in [9.17, 15) is 5.11 Å². The molecule has 2 aliphatic rings. The van der Waals surface area contributed by atoms with Gasteiger partial charge in [-0.15, -0.1) is 0 Å². The molecule has 2 aliphatic heterocycles. The number of hydrogen-bond donors (Lipinski definition) is 2. The van der Waals surface area contributed by atoms with Crippen molar-refractivity contribution in [3.05, 3.63) is 95.1 Å². The molecule has 3 aromatic rings. The normalized spacial score (nSPS) is 24.4. The highest BCUT2D eigenvalue weighted by atomic mass is 16.7. The van der Waals surface area contributed by atoms with Crippen LogP contribution in [0.3, 0.4) is 0 Å². The summed E-state index contributed by atoms with van der Waals surface area (Å²) in [5.41, 5.74) is 12.4. The van der Waals surface area contributed by atoms with E-state index in [4.69, 9.17) is 19.9 Å². The van der Waals surface area contributed by atoms with Crippen molar-refractivity contribution >= 4 is 0 Å². The largest absolute Gasteiger partial charge is 0.392 e. The third-order valence-electron chi connectivity index (χ3n) is 7.64. The maximum Gasteiger partial charge on any atom is 0.184 e. The lowest BCUT2D eigenvalue weighted by Gasteiger charge is -2.38. The second-order valence-corrected chi connectivity index (χ2v) is 10.1. The predicted octanol–water partition coefficient (Wildman–Crippen LogP) is 4.96. The molecule has 37 heavy (non-hydrogen) atoms. The summed E-state index contributed by atoms with van der Waals surface area (Å²) in [6.07, 6.45) is 2.64. The molecule has 4 atom stereocenters. The van der Waals surface area contributed by atoms with E-state index in [-0.39, 0.29) is 18.8 Å². The van der Waals surface area contributed by atoms with Crippen LogP contribution in [-0.4, -0.2) is 49.0 Å². The van der Waals surface area contributed by atoms with Gasteiger partial charge in [0, 0.05) is 38.2 Å². The Morgan fingerprint density at radius 1 is 0.973 bits per heavy atom. The van der Waals surface area contributed by atoms with Crippen molar-refractivity contribution in [2.24, 2.45) is 5.73 Å².